The van der Waals surface area contributed by atoms with E-state index in [1.165, 1.54) is 19.2 Å². The lowest BCUT2D eigenvalue weighted by Gasteiger charge is -2.10. The lowest BCUT2D eigenvalue weighted by molar-refractivity contribution is 0.373. The molecule has 0 radical (unpaired) electrons. The highest BCUT2D eigenvalue weighted by molar-refractivity contribution is 5.86. The fourth-order valence-electron chi connectivity index (χ4n) is 2.61. The zero-order valence-corrected chi connectivity index (χ0v) is 13.0. The van der Waals surface area contributed by atoms with Crippen molar-refractivity contribution in [1.29, 1.82) is 0 Å². The summed E-state index contributed by atoms with van der Waals surface area (Å²) in [5.74, 6) is 0.583. The largest absolute Gasteiger partial charge is 0.507 e. The molecule has 0 amide bonds. The molecule has 23 heavy (non-hydrogen) atoms. The van der Waals surface area contributed by atoms with Gasteiger partial charge in [0.2, 0.25) is 0 Å². The topological polar surface area (TPSA) is 79.9 Å². The van der Waals surface area contributed by atoms with E-state index in [1.807, 2.05) is 6.92 Å². The maximum atomic E-state index is 12.6. The van der Waals surface area contributed by atoms with Crippen LogP contribution in [0.5, 0.6) is 17.2 Å². The Morgan fingerprint density at radius 3 is 2.48 bits per heavy atom. The summed E-state index contributed by atoms with van der Waals surface area (Å²) < 4.78 is 11.0. The van der Waals surface area contributed by atoms with Crippen LogP contribution < -0.4 is 10.2 Å². The normalized spacial score (nSPS) is 10.9. The highest BCUT2D eigenvalue weighted by Gasteiger charge is 2.17. The Kier molecular flexibility index (Phi) is 3.48. The number of hydrogen-bond acceptors (Lipinski definition) is 5. The Hall–Kier alpha value is -2.95. The Morgan fingerprint density at radius 1 is 1.04 bits per heavy atom. The van der Waals surface area contributed by atoms with Crippen LogP contribution >= 0.6 is 0 Å². The van der Waals surface area contributed by atoms with Crippen molar-refractivity contribution in [1.82, 2.24) is 0 Å². The first-order valence-corrected chi connectivity index (χ1v) is 7.06. The van der Waals surface area contributed by atoms with Crippen molar-refractivity contribution in [2.24, 2.45) is 0 Å². The Bertz CT molecular complexity index is 969. The molecule has 0 saturated heterocycles. The molecule has 3 aromatic rings. The molecule has 0 aliphatic heterocycles. The van der Waals surface area contributed by atoms with E-state index in [-0.39, 0.29) is 28.1 Å². The molecule has 0 spiro atoms. The van der Waals surface area contributed by atoms with Gasteiger partial charge >= 0.3 is 0 Å². The molecule has 2 aromatic carbocycles. The quantitative estimate of drug-likeness (QED) is 0.757. The van der Waals surface area contributed by atoms with Crippen LogP contribution in [0.25, 0.3) is 22.3 Å². The molecule has 5 nitrogen and oxygen atoms in total. The average Bonchev–Trinajstić information content (AvgIpc) is 2.50. The maximum Gasteiger partial charge on any atom is 0.199 e. The molecular formula is C18H16O5. The van der Waals surface area contributed by atoms with Crippen LogP contribution in [-0.4, -0.2) is 17.3 Å². The molecule has 5 heteroatoms. The van der Waals surface area contributed by atoms with Gasteiger partial charge in [-0.2, -0.15) is 0 Å². The second kappa shape index (κ2) is 5.35. The third kappa shape index (κ3) is 2.40. The van der Waals surface area contributed by atoms with Gasteiger partial charge in [-0.1, -0.05) is 0 Å². The molecule has 0 saturated carbocycles. The zero-order chi connectivity index (χ0) is 16.7. The van der Waals surface area contributed by atoms with Gasteiger partial charge in [-0.3, -0.25) is 4.79 Å². The van der Waals surface area contributed by atoms with Gasteiger partial charge in [-0.25, -0.2) is 0 Å². The number of rotatable bonds is 2. The summed E-state index contributed by atoms with van der Waals surface area (Å²) in [5, 5.41) is 19.9. The van der Waals surface area contributed by atoms with Gasteiger partial charge in [-0.05, 0) is 49.7 Å². The number of methoxy groups -OCH3 is 1. The van der Waals surface area contributed by atoms with Crippen LogP contribution in [0.1, 0.15) is 11.1 Å². The predicted octanol–water partition coefficient (Wildman–Crippen LogP) is 3.50. The zero-order valence-electron chi connectivity index (χ0n) is 13.0. The first-order chi connectivity index (χ1) is 10.9. The molecular weight excluding hydrogens is 296 g/mol. The highest BCUT2D eigenvalue weighted by atomic mass is 16.5. The van der Waals surface area contributed by atoms with Crippen molar-refractivity contribution in [3.8, 4) is 28.6 Å². The lowest BCUT2D eigenvalue weighted by Crippen LogP contribution is -2.07. The number of aryl methyl sites for hydroxylation is 1. The summed E-state index contributed by atoms with van der Waals surface area (Å²) in [7, 11) is 1.45. The number of ether oxygens (including phenoxy) is 1. The number of fused-ring (bicyclic) bond motifs is 1. The summed E-state index contributed by atoms with van der Waals surface area (Å²) >= 11 is 0. The molecule has 3 rings (SSSR count). The molecule has 1 heterocycles. The smallest absolute Gasteiger partial charge is 0.199 e. The maximum absolute atomic E-state index is 12.6. The van der Waals surface area contributed by atoms with Crippen LogP contribution in [0.15, 0.2) is 39.5 Å². The van der Waals surface area contributed by atoms with E-state index < -0.39 is 0 Å². The monoisotopic (exact) mass is 312 g/mol. The van der Waals surface area contributed by atoms with Crippen LogP contribution in [-0.2, 0) is 0 Å². The van der Waals surface area contributed by atoms with Gasteiger partial charge in [0.25, 0.3) is 0 Å². The van der Waals surface area contributed by atoms with Crippen molar-refractivity contribution in [2.75, 3.05) is 7.11 Å². The molecule has 0 aliphatic rings. The first-order valence-electron chi connectivity index (χ1n) is 7.06. The molecule has 0 atom stereocenters. The summed E-state index contributed by atoms with van der Waals surface area (Å²) in [6.45, 7) is 3.45. The second-order valence-electron chi connectivity index (χ2n) is 5.43. The number of hydrogen-bond donors (Lipinski definition) is 2. The van der Waals surface area contributed by atoms with Crippen molar-refractivity contribution in [2.45, 2.75) is 13.8 Å². The van der Waals surface area contributed by atoms with Crippen LogP contribution in [0.4, 0.5) is 0 Å². The Labute approximate surface area is 132 Å². The Morgan fingerprint density at radius 2 is 1.78 bits per heavy atom. The van der Waals surface area contributed by atoms with E-state index in [2.05, 4.69) is 0 Å². The third-order valence-electron chi connectivity index (χ3n) is 3.79. The number of phenolic OH excluding ortho intramolecular Hbond substituents is 2. The van der Waals surface area contributed by atoms with Gasteiger partial charge in [-0.15, -0.1) is 0 Å². The minimum Gasteiger partial charge on any atom is -0.507 e. The second-order valence-corrected chi connectivity index (χ2v) is 5.43. The van der Waals surface area contributed by atoms with Crippen molar-refractivity contribution in [3.63, 3.8) is 0 Å². The summed E-state index contributed by atoms with van der Waals surface area (Å²) in [5.41, 5.74) is 1.81. The van der Waals surface area contributed by atoms with Crippen molar-refractivity contribution >= 4 is 11.0 Å². The molecule has 1 aromatic heterocycles. The van der Waals surface area contributed by atoms with Gasteiger partial charge in [0.05, 0.1) is 7.11 Å². The van der Waals surface area contributed by atoms with Crippen LogP contribution in [0, 0.1) is 13.8 Å². The number of benzene rings is 2. The van der Waals surface area contributed by atoms with E-state index in [1.54, 1.807) is 25.1 Å². The standard InChI is InChI=1S/C18H16O5/c1-9-6-13(20)16-15(7-9)23-18(10(2)17(16)21)11-4-5-12(19)14(8-11)22-3/h4-8,19-20H,1-3H3. The fourth-order valence-corrected chi connectivity index (χ4v) is 2.61. The van der Waals surface area contributed by atoms with Gasteiger partial charge in [0.1, 0.15) is 22.5 Å². The summed E-state index contributed by atoms with van der Waals surface area (Å²) in [4.78, 5) is 12.6. The fraction of sp³-hybridized carbons (Fsp3) is 0.167. The van der Waals surface area contributed by atoms with E-state index in [0.29, 0.717) is 22.5 Å². The molecule has 0 aliphatic carbocycles. The van der Waals surface area contributed by atoms with E-state index in [0.717, 1.165) is 5.56 Å². The average molecular weight is 312 g/mol. The van der Waals surface area contributed by atoms with E-state index in [4.69, 9.17) is 9.15 Å². The van der Waals surface area contributed by atoms with Gasteiger partial charge < -0.3 is 19.4 Å². The van der Waals surface area contributed by atoms with E-state index in [9.17, 15) is 15.0 Å². The van der Waals surface area contributed by atoms with E-state index >= 15 is 0 Å². The van der Waals surface area contributed by atoms with Crippen LogP contribution in [0.3, 0.4) is 0 Å². The predicted molar refractivity (Wildman–Crippen MR) is 87.3 cm³/mol. The Balaban J connectivity index is 2.35. The number of phenols is 2. The third-order valence-corrected chi connectivity index (χ3v) is 3.79. The molecule has 118 valence electrons. The molecule has 0 bridgehead atoms. The van der Waals surface area contributed by atoms with Gasteiger partial charge in [0.15, 0.2) is 16.9 Å². The minimum absolute atomic E-state index is 0.00512. The summed E-state index contributed by atoms with van der Waals surface area (Å²) in [6.07, 6.45) is 0. The van der Waals surface area contributed by atoms with Gasteiger partial charge in [0, 0.05) is 11.1 Å². The highest BCUT2D eigenvalue weighted by Crippen LogP contribution is 2.34. The lowest BCUT2D eigenvalue weighted by atomic mass is 10.0. The number of aromatic hydroxyl groups is 2. The molecule has 2 N–H and O–H groups in total. The van der Waals surface area contributed by atoms with Crippen molar-refractivity contribution in [3.05, 3.63) is 51.7 Å². The molecule has 0 unspecified atom stereocenters. The SMILES string of the molecule is COc1cc(-c2oc3cc(C)cc(O)c3c(=O)c2C)ccc1O. The van der Waals surface area contributed by atoms with Crippen molar-refractivity contribution < 1.29 is 19.4 Å². The first kappa shape index (κ1) is 15.0. The van der Waals surface area contributed by atoms with Crippen LogP contribution in [0.2, 0.25) is 0 Å². The minimum atomic E-state index is -0.286. The molecule has 0 fully saturated rings. The summed E-state index contributed by atoms with van der Waals surface area (Å²) in [6, 6.07) is 7.96.